The summed E-state index contributed by atoms with van der Waals surface area (Å²) in [5, 5.41) is 8.34. The summed E-state index contributed by atoms with van der Waals surface area (Å²) in [7, 11) is -1.62. The normalized spacial score (nSPS) is 20.0. The molecule has 0 radical (unpaired) electrons. The lowest BCUT2D eigenvalue weighted by molar-refractivity contribution is 0.286. The Hall–Kier alpha value is -1.18. The molecule has 0 aromatic heterocycles. The van der Waals surface area contributed by atoms with Crippen molar-refractivity contribution < 1.29 is 0 Å². The van der Waals surface area contributed by atoms with Crippen molar-refractivity contribution in [3.8, 4) is 0 Å². The number of benzene rings is 2. The van der Waals surface area contributed by atoms with Gasteiger partial charge in [0.05, 0.1) is 0 Å². The Morgan fingerprint density at radius 2 is 0.714 bits per heavy atom. The smallest absolute Gasteiger partial charge is 0.159 e. The molecule has 2 aromatic rings. The molecule has 0 spiro atoms. The standard InChI is InChI=1S/C36H62N4P2/c1-31(2,3)25-19-21-27(33(7,8)9)29(23-25)37-41-39(35(13,14)15)42(40(41)36(16,17)18)38-30-24-26(32(4,5)6)20-22-28(30)34(10,11)12/h19-24,37-38H,1-18H3. The first-order valence-electron chi connectivity index (χ1n) is 15.7. The summed E-state index contributed by atoms with van der Waals surface area (Å²) < 4.78 is 5.49. The van der Waals surface area contributed by atoms with Gasteiger partial charge in [-0.2, -0.15) is 8.88 Å². The molecule has 1 fully saturated rings. The lowest BCUT2D eigenvalue weighted by atomic mass is 9.81. The van der Waals surface area contributed by atoms with Crippen molar-refractivity contribution in [3.05, 3.63) is 58.7 Å². The second-order valence-electron chi connectivity index (χ2n) is 18.2. The third-order valence-corrected chi connectivity index (χ3v) is 14.5. The topological polar surface area (TPSA) is 30.5 Å². The first-order valence-corrected chi connectivity index (χ1v) is 18.2. The number of nitrogens with zero attached hydrogens (tertiary/aromatic N) is 2. The molecule has 2 N–H and O–H groups in total. The van der Waals surface area contributed by atoms with Crippen LogP contribution in [0.4, 0.5) is 11.4 Å². The minimum atomic E-state index is -0.809. The van der Waals surface area contributed by atoms with Crippen molar-refractivity contribution in [1.29, 1.82) is 0 Å². The molecular weight excluding hydrogens is 550 g/mol. The van der Waals surface area contributed by atoms with Crippen LogP contribution in [0.25, 0.3) is 0 Å². The summed E-state index contributed by atoms with van der Waals surface area (Å²) in [6.45, 7) is 42.0. The van der Waals surface area contributed by atoms with Crippen LogP contribution in [0, 0.1) is 0 Å². The van der Waals surface area contributed by atoms with E-state index in [1.54, 1.807) is 0 Å². The Morgan fingerprint density at radius 1 is 0.429 bits per heavy atom. The van der Waals surface area contributed by atoms with E-state index in [2.05, 4.69) is 180 Å². The van der Waals surface area contributed by atoms with E-state index in [-0.39, 0.29) is 32.7 Å². The van der Waals surface area contributed by atoms with Crippen LogP contribution < -0.4 is 10.2 Å². The van der Waals surface area contributed by atoms with Crippen molar-refractivity contribution in [2.45, 2.75) is 157 Å². The molecule has 0 bridgehead atoms. The van der Waals surface area contributed by atoms with Crippen LogP contribution in [0.1, 0.15) is 147 Å². The summed E-state index contributed by atoms with van der Waals surface area (Å²) >= 11 is 0. The van der Waals surface area contributed by atoms with Crippen LogP contribution in [0.3, 0.4) is 0 Å². The van der Waals surface area contributed by atoms with Gasteiger partial charge in [-0.1, -0.05) is 107 Å². The van der Waals surface area contributed by atoms with E-state index in [0.717, 1.165) is 0 Å². The molecule has 3 rings (SSSR count). The van der Waals surface area contributed by atoms with E-state index in [1.807, 2.05) is 0 Å². The highest BCUT2D eigenvalue weighted by atomic mass is 31.3. The molecule has 0 amide bonds. The molecule has 0 unspecified atom stereocenters. The molecule has 0 atom stereocenters. The fraction of sp³-hybridized carbons (Fsp3) is 0.667. The summed E-state index contributed by atoms with van der Waals surface area (Å²) in [4.78, 5) is 0. The number of rotatable bonds is 4. The molecule has 4 nitrogen and oxygen atoms in total. The first-order chi connectivity index (χ1) is 18.6. The zero-order valence-corrected chi connectivity index (χ0v) is 32.0. The van der Waals surface area contributed by atoms with Gasteiger partial charge in [0.15, 0.2) is 16.7 Å². The number of anilines is 2. The van der Waals surface area contributed by atoms with E-state index >= 15 is 0 Å². The van der Waals surface area contributed by atoms with Gasteiger partial charge in [0.1, 0.15) is 0 Å². The lowest BCUT2D eigenvalue weighted by Crippen LogP contribution is -2.55. The molecule has 0 saturated carbocycles. The molecule has 2 aromatic carbocycles. The zero-order chi connectivity index (χ0) is 32.4. The summed E-state index contributed by atoms with van der Waals surface area (Å²) in [5.41, 5.74) is 8.22. The van der Waals surface area contributed by atoms with Gasteiger partial charge < -0.3 is 10.2 Å². The van der Waals surface area contributed by atoms with E-state index in [4.69, 9.17) is 0 Å². The summed E-state index contributed by atoms with van der Waals surface area (Å²) in [6.07, 6.45) is 0. The highest BCUT2D eigenvalue weighted by Crippen LogP contribution is 2.80. The largest absolute Gasteiger partial charge is 0.339 e. The fourth-order valence-corrected chi connectivity index (χ4v) is 11.4. The molecule has 1 aliphatic heterocycles. The molecule has 1 heterocycles. The van der Waals surface area contributed by atoms with E-state index in [1.165, 1.54) is 33.6 Å². The van der Waals surface area contributed by atoms with Crippen LogP contribution in [-0.2, 0) is 21.7 Å². The number of hydrogen-bond acceptors (Lipinski definition) is 4. The molecule has 1 aliphatic rings. The van der Waals surface area contributed by atoms with Gasteiger partial charge in [-0.05, 0) is 97.6 Å². The predicted octanol–water partition coefficient (Wildman–Crippen LogP) is 12.1. The lowest BCUT2D eigenvalue weighted by Gasteiger charge is -2.64. The highest BCUT2D eigenvalue weighted by Gasteiger charge is 2.57. The molecular formula is C36H62N4P2. The van der Waals surface area contributed by atoms with E-state index in [9.17, 15) is 0 Å². The van der Waals surface area contributed by atoms with Crippen LogP contribution >= 0.6 is 16.7 Å². The maximum absolute atomic E-state index is 4.17. The van der Waals surface area contributed by atoms with Gasteiger partial charge in [-0.25, -0.2) is 0 Å². The predicted molar refractivity (Wildman–Crippen MR) is 192 cm³/mol. The average molecular weight is 613 g/mol. The van der Waals surface area contributed by atoms with Gasteiger partial charge in [-0.15, -0.1) is 0 Å². The van der Waals surface area contributed by atoms with Crippen LogP contribution in [0.2, 0.25) is 0 Å². The minimum Gasteiger partial charge on any atom is -0.339 e. The van der Waals surface area contributed by atoms with Crippen LogP contribution in [0.15, 0.2) is 36.4 Å². The maximum Gasteiger partial charge on any atom is 0.159 e. The SMILES string of the molecule is CC(C)(C)c1ccc(C(C)(C)C)c(NP2N(C(C)(C)C)P(Nc3cc(C(C)(C)C)ccc3C(C)(C)C)N2C(C)(C)C)c1. The third-order valence-electron chi connectivity index (χ3n) is 7.75. The Bertz CT molecular complexity index is 1150. The molecule has 42 heavy (non-hydrogen) atoms. The van der Waals surface area contributed by atoms with Crippen molar-refractivity contribution >= 4 is 28.1 Å². The van der Waals surface area contributed by atoms with Gasteiger partial charge in [0.25, 0.3) is 0 Å². The van der Waals surface area contributed by atoms with Gasteiger partial charge >= 0.3 is 0 Å². The van der Waals surface area contributed by atoms with Crippen LogP contribution in [-0.4, -0.2) is 20.0 Å². The average Bonchev–Trinajstić information content (AvgIpc) is 2.73. The van der Waals surface area contributed by atoms with Crippen molar-refractivity contribution in [2.75, 3.05) is 10.2 Å². The number of hydrogen-bond donors (Lipinski definition) is 2. The number of nitrogens with one attached hydrogen (secondary N) is 2. The minimum absolute atomic E-state index is 0.0216. The fourth-order valence-electron chi connectivity index (χ4n) is 5.35. The second kappa shape index (κ2) is 11.3. The molecule has 0 aliphatic carbocycles. The summed E-state index contributed by atoms with van der Waals surface area (Å²) in [6, 6.07) is 14.2. The highest BCUT2D eigenvalue weighted by molar-refractivity contribution is 7.84. The Kier molecular flexibility index (Phi) is 9.51. The van der Waals surface area contributed by atoms with Crippen LogP contribution in [0.5, 0.6) is 0 Å². The zero-order valence-electron chi connectivity index (χ0n) is 30.3. The monoisotopic (exact) mass is 612 g/mol. The third kappa shape index (κ3) is 7.72. The Morgan fingerprint density at radius 3 is 0.929 bits per heavy atom. The molecule has 236 valence electrons. The summed E-state index contributed by atoms with van der Waals surface area (Å²) in [5.74, 6) is 0. The van der Waals surface area contributed by atoms with Crippen molar-refractivity contribution in [1.82, 2.24) is 8.88 Å². The van der Waals surface area contributed by atoms with E-state index < -0.39 is 16.7 Å². The Labute approximate surface area is 262 Å². The molecule has 1 saturated heterocycles. The maximum atomic E-state index is 4.17. The van der Waals surface area contributed by atoms with E-state index in [0.29, 0.717) is 0 Å². The van der Waals surface area contributed by atoms with Crippen molar-refractivity contribution in [2.24, 2.45) is 0 Å². The molecule has 6 heteroatoms. The van der Waals surface area contributed by atoms with Crippen molar-refractivity contribution in [3.63, 3.8) is 0 Å². The quantitative estimate of drug-likeness (QED) is 0.336. The first kappa shape index (κ1) is 35.3. The van der Waals surface area contributed by atoms with Gasteiger partial charge in [0.2, 0.25) is 0 Å². The van der Waals surface area contributed by atoms with Gasteiger partial charge in [0, 0.05) is 22.5 Å². The van der Waals surface area contributed by atoms with Gasteiger partial charge in [-0.3, -0.25) is 0 Å². The second-order valence-corrected chi connectivity index (χ2v) is 22.1. The Balaban J connectivity index is 2.17.